The van der Waals surface area contributed by atoms with Gasteiger partial charge in [0.15, 0.2) is 9.84 Å². The third kappa shape index (κ3) is 4.97. The fourth-order valence-corrected chi connectivity index (χ4v) is 4.28. The second-order valence-electron chi connectivity index (χ2n) is 6.07. The number of carboxylic acids is 1. The first-order valence-corrected chi connectivity index (χ1v) is 9.77. The van der Waals surface area contributed by atoms with Crippen LogP contribution in [0.4, 0.5) is 0 Å². The van der Waals surface area contributed by atoms with Crippen LogP contribution in [0.5, 0.6) is 0 Å². The fraction of sp³-hybridized carbons (Fsp3) is 0.867. The van der Waals surface area contributed by atoms with Crippen LogP contribution in [0.25, 0.3) is 0 Å². The summed E-state index contributed by atoms with van der Waals surface area (Å²) in [5.41, 5.74) is 0. The maximum atomic E-state index is 12.7. The molecule has 1 rings (SSSR count). The number of carboxylic acid groups (broad SMARTS) is 1. The van der Waals surface area contributed by atoms with Gasteiger partial charge in [-0.15, -0.1) is 0 Å². The van der Waals surface area contributed by atoms with Gasteiger partial charge in [-0.1, -0.05) is 13.3 Å². The van der Waals surface area contributed by atoms with Crippen LogP contribution in [0.1, 0.15) is 46.5 Å². The molecule has 0 radical (unpaired) electrons. The van der Waals surface area contributed by atoms with Gasteiger partial charge in [-0.05, 0) is 33.1 Å². The highest BCUT2D eigenvalue weighted by molar-refractivity contribution is 7.91. The Balaban J connectivity index is 2.77. The van der Waals surface area contributed by atoms with Gasteiger partial charge in [0.2, 0.25) is 5.91 Å². The summed E-state index contributed by atoms with van der Waals surface area (Å²) in [7, 11) is -3.15. The standard InChI is InChI=1S/C15H27NO5S/c1-4-16(11(3)10-22(20,21)5-2)14(17)12-7-6-8-13(9-12)15(18)19/h11-13H,4-10H2,1-3H3,(H,18,19). The highest BCUT2D eigenvalue weighted by atomic mass is 32.2. The van der Waals surface area contributed by atoms with Crippen molar-refractivity contribution in [3.8, 4) is 0 Å². The second kappa shape index (κ2) is 7.94. The molecule has 6 nitrogen and oxygen atoms in total. The van der Waals surface area contributed by atoms with Crippen molar-refractivity contribution < 1.29 is 23.1 Å². The Bertz CT molecular complexity index is 502. The van der Waals surface area contributed by atoms with E-state index in [0.717, 1.165) is 6.42 Å². The normalized spacial score (nSPS) is 23.8. The average Bonchev–Trinajstić information content (AvgIpc) is 2.47. The molecule has 0 saturated heterocycles. The van der Waals surface area contributed by atoms with Gasteiger partial charge in [0.1, 0.15) is 0 Å². The number of carbonyl (C=O) groups excluding carboxylic acids is 1. The van der Waals surface area contributed by atoms with E-state index in [1.807, 2.05) is 6.92 Å². The zero-order chi connectivity index (χ0) is 16.9. The summed E-state index contributed by atoms with van der Waals surface area (Å²) in [5, 5.41) is 9.12. The molecule has 0 aromatic rings. The van der Waals surface area contributed by atoms with Crippen LogP contribution in [0.15, 0.2) is 0 Å². The molecular formula is C15H27NO5S. The molecule has 7 heteroatoms. The summed E-state index contributed by atoms with van der Waals surface area (Å²) in [5.74, 6) is -1.70. The van der Waals surface area contributed by atoms with Crippen LogP contribution < -0.4 is 0 Å². The van der Waals surface area contributed by atoms with Crippen LogP contribution >= 0.6 is 0 Å². The lowest BCUT2D eigenvalue weighted by Crippen LogP contribution is -2.46. The van der Waals surface area contributed by atoms with E-state index >= 15 is 0 Å². The summed E-state index contributed by atoms with van der Waals surface area (Å²) >= 11 is 0. The van der Waals surface area contributed by atoms with Crippen LogP contribution in [-0.2, 0) is 19.4 Å². The monoisotopic (exact) mass is 333 g/mol. The predicted molar refractivity (Wildman–Crippen MR) is 84.3 cm³/mol. The van der Waals surface area contributed by atoms with E-state index in [9.17, 15) is 18.0 Å². The lowest BCUT2D eigenvalue weighted by molar-refractivity contribution is -0.145. The molecule has 128 valence electrons. The fourth-order valence-electron chi connectivity index (χ4n) is 3.13. The van der Waals surface area contributed by atoms with Gasteiger partial charge < -0.3 is 10.0 Å². The van der Waals surface area contributed by atoms with Gasteiger partial charge >= 0.3 is 5.97 Å². The molecule has 1 aliphatic rings. The number of nitrogens with zero attached hydrogens (tertiary/aromatic N) is 1. The second-order valence-corrected chi connectivity index (χ2v) is 8.47. The highest BCUT2D eigenvalue weighted by Crippen LogP contribution is 2.31. The van der Waals surface area contributed by atoms with Gasteiger partial charge in [-0.25, -0.2) is 8.42 Å². The molecule has 1 fully saturated rings. The quantitative estimate of drug-likeness (QED) is 0.763. The van der Waals surface area contributed by atoms with Gasteiger partial charge in [-0.2, -0.15) is 0 Å². The summed E-state index contributed by atoms with van der Waals surface area (Å²) in [4.78, 5) is 25.4. The van der Waals surface area contributed by atoms with Gasteiger partial charge in [0.05, 0.1) is 11.7 Å². The molecule has 0 aromatic carbocycles. The Labute approximate surface area is 132 Å². The topological polar surface area (TPSA) is 91.8 Å². The molecule has 0 aliphatic heterocycles. The number of carbonyl (C=O) groups is 2. The van der Waals surface area contributed by atoms with Crippen molar-refractivity contribution in [2.24, 2.45) is 11.8 Å². The number of rotatable bonds is 7. The van der Waals surface area contributed by atoms with Crippen molar-refractivity contribution in [1.82, 2.24) is 4.90 Å². The minimum absolute atomic E-state index is 0.0435. The number of hydrogen-bond donors (Lipinski definition) is 1. The number of sulfone groups is 1. The minimum Gasteiger partial charge on any atom is -0.481 e. The molecule has 0 aromatic heterocycles. The van der Waals surface area contributed by atoms with Crippen molar-refractivity contribution in [3.05, 3.63) is 0 Å². The number of amides is 1. The van der Waals surface area contributed by atoms with E-state index in [1.165, 1.54) is 0 Å². The molecule has 0 bridgehead atoms. The SMILES string of the molecule is CCN(C(=O)C1CCCC(C(=O)O)C1)C(C)CS(=O)(=O)CC. The molecule has 22 heavy (non-hydrogen) atoms. The molecule has 1 amide bonds. The van der Waals surface area contributed by atoms with E-state index in [1.54, 1.807) is 18.7 Å². The van der Waals surface area contributed by atoms with Crippen LogP contribution in [0.2, 0.25) is 0 Å². The predicted octanol–water partition coefficient (Wildman–Crippen LogP) is 1.55. The molecule has 1 aliphatic carbocycles. The van der Waals surface area contributed by atoms with Gasteiger partial charge in [-0.3, -0.25) is 9.59 Å². The van der Waals surface area contributed by atoms with Crippen molar-refractivity contribution >= 4 is 21.7 Å². The number of aliphatic carboxylic acids is 1. The van der Waals surface area contributed by atoms with Gasteiger partial charge in [0.25, 0.3) is 0 Å². The Morgan fingerprint density at radius 3 is 2.32 bits per heavy atom. The molecule has 0 spiro atoms. The Hall–Kier alpha value is -1.11. The lowest BCUT2D eigenvalue weighted by Gasteiger charge is -2.34. The maximum absolute atomic E-state index is 12.7. The van der Waals surface area contributed by atoms with Crippen molar-refractivity contribution in [2.45, 2.75) is 52.5 Å². The third-order valence-electron chi connectivity index (χ3n) is 4.46. The summed E-state index contributed by atoms with van der Waals surface area (Å²) in [6.07, 6.45) is 2.39. The van der Waals surface area contributed by atoms with E-state index in [0.29, 0.717) is 25.8 Å². The first-order chi connectivity index (χ1) is 10.2. The maximum Gasteiger partial charge on any atom is 0.306 e. The third-order valence-corrected chi connectivity index (χ3v) is 6.33. The number of hydrogen-bond acceptors (Lipinski definition) is 4. The average molecular weight is 333 g/mol. The summed E-state index contributed by atoms with van der Waals surface area (Å²) in [6, 6.07) is -0.382. The smallest absolute Gasteiger partial charge is 0.306 e. The highest BCUT2D eigenvalue weighted by Gasteiger charge is 2.34. The lowest BCUT2D eigenvalue weighted by atomic mass is 9.80. The van der Waals surface area contributed by atoms with Crippen LogP contribution in [-0.4, -0.2) is 54.4 Å². The van der Waals surface area contributed by atoms with E-state index in [-0.39, 0.29) is 29.4 Å². The minimum atomic E-state index is -3.15. The van der Waals surface area contributed by atoms with Crippen molar-refractivity contribution in [1.29, 1.82) is 0 Å². The zero-order valence-corrected chi connectivity index (χ0v) is 14.4. The van der Waals surface area contributed by atoms with E-state index < -0.39 is 21.7 Å². The van der Waals surface area contributed by atoms with Crippen LogP contribution in [0.3, 0.4) is 0 Å². The molecule has 1 N–H and O–H groups in total. The zero-order valence-electron chi connectivity index (χ0n) is 13.6. The van der Waals surface area contributed by atoms with E-state index in [4.69, 9.17) is 5.11 Å². The van der Waals surface area contributed by atoms with Crippen molar-refractivity contribution in [2.75, 3.05) is 18.1 Å². The first kappa shape index (κ1) is 18.9. The van der Waals surface area contributed by atoms with Gasteiger partial charge in [0, 0.05) is 24.3 Å². The molecule has 0 heterocycles. The Kier molecular flexibility index (Phi) is 6.84. The first-order valence-electron chi connectivity index (χ1n) is 7.95. The molecular weight excluding hydrogens is 306 g/mol. The summed E-state index contributed by atoms with van der Waals surface area (Å²) < 4.78 is 23.5. The van der Waals surface area contributed by atoms with E-state index in [2.05, 4.69) is 0 Å². The van der Waals surface area contributed by atoms with Crippen molar-refractivity contribution in [3.63, 3.8) is 0 Å². The Morgan fingerprint density at radius 1 is 1.23 bits per heavy atom. The summed E-state index contributed by atoms with van der Waals surface area (Å²) in [6.45, 7) is 5.60. The molecule has 1 saturated carbocycles. The molecule has 3 atom stereocenters. The van der Waals surface area contributed by atoms with Crippen LogP contribution in [0, 0.1) is 11.8 Å². The molecule has 3 unspecified atom stereocenters. The Morgan fingerprint density at radius 2 is 1.82 bits per heavy atom. The largest absolute Gasteiger partial charge is 0.481 e.